The number of nitrogens with one attached hydrogen (secondary N) is 2. The van der Waals surface area contributed by atoms with E-state index in [-0.39, 0.29) is 15.9 Å². The monoisotopic (exact) mass is 463 g/mol. The summed E-state index contributed by atoms with van der Waals surface area (Å²) in [5.74, 6) is 0.131. The molecule has 2 aromatic rings. The Labute approximate surface area is 189 Å². The van der Waals surface area contributed by atoms with Gasteiger partial charge in [-0.2, -0.15) is 0 Å². The van der Waals surface area contributed by atoms with Gasteiger partial charge in [-0.1, -0.05) is 38.3 Å². The molecule has 0 atom stereocenters. The summed E-state index contributed by atoms with van der Waals surface area (Å²) in [6.07, 6.45) is 4.34. The minimum absolute atomic E-state index is 0.103. The van der Waals surface area contributed by atoms with Crippen LogP contribution in [0.1, 0.15) is 43.0 Å². The Balaban J connectivity index is 1.96. The highest BCUT2D eigenvalue weighted by atomic mass is 32.2. The van der Waals surface area contributed by atoms with E-state index in [2.05, 4.69) is 17.6 Å². The molecule has 7 nitrogen and oxygen atoms in total. The van der Waals surface area contributed by atoms with Crippen molar-refractivity contribution < 1.29 is 17.9 Å². The normalized spacial score (nSPS) is 11.2. The van der Waals surface area contributed by atoms with Crippen molar-refractivity contribution in [3.63, 3.8) is 0 Å². The van der Waals surface area contributed by atoms with Gasteiger partial charge in [-0.05, 0) is 55.0 Å². The summed E-state index contributed by atoms with van der Waals surface area (Å²) in [6.45, 7) is 2.70. The van der Waals surface area contributed by atoms with Gasteiger partial charge >= 0.3 is 0 Å². The summed E-state index contributed by atoms with van der Waals surface area (Å²) in [6, 6.07) is 13.1. The smallest absolute Gasteiger partial charge is 0.261 e. The third-order valence-electron chi connectivity index (χ3n) is 4.50. The van der Waals surface area contributed by atoms with Crippen molar-refractivity contribution in [3.8, 4) is 5.75 Å². The number of ether oxygens (including phenoxy) is 1. The maximum absolute atomic E-state index is 12.7. The lowest BCUT2D eigenvalue weighted by molar-refractivity contribution is 0.0973. The molecule has 0 aliphatic carbocycles. The number of rotatable bonds is 10. The van der Waals surface area contributed by atoms with Crippen molar-refractivity contribution in [1.29, 1.82) is 0 Å². The van der Waals surface area contributed by atoms with Gasteiger partial charge in [0.2, 0.25) is 10.0 Å². The SMILES string of the molecule is CCCCCCOc1ccccc1C(=O)NC(=S)Nc1ccc(S(=O)(=O)N(C)C)cc1. The van der Waals surface area contributed by atoms with Crippen molar-refractivity contribution in [2.24, 2.45) is 0 Å². The third kappa shape index (κ3) is 7.30. The molecule has 9 heteroatoms. The van der Waals surface area contributed by atoms with E-state index in [1.54, 1.807) is 30.3 Å². The molecule has 0 unspecified atom stereocenters. The van der Waals surface area contributed by atoms with Crippen LogP contribution in [0.2, 0.25) is 0 Å². The van der Waals surface area contributed by atoms with Crippen LogP contribution in [0.4, 0.5) is 5.69 Å². The van der Waals surface area contributed by atoms with Crippen LogP contribution >= 0.6 is 12.2 Å². The molecule has 0 aliphatic heterocycles. The summed E-state index contributed by atoms with van der Waals surface area (Å²) in [5, 5.41) is 5.62. The number of anilines is 1. The number of unbranched alkanes of at least 4 members (excludes halogenated alkanes) is 3. The van der Waals surface area contributed by atoms with E-state index in [0.29, 0.717) is 23.6 Å². The number of hydrogen-bond acceptors (Lipinski definition) is 5. The van der Waals surface area contributed by atoms with E-state index in [4.69, 9.17) is 17.0 Å². The predicted molar refractivity (Wildman–Crippen MR) is 127 cm³/mol. The van der Waals surface area contributed by atoms with Crippen LogP contribution in [0, 0.1) is 0 Å². The topological polar surface area (TPSA) is 87.7 Å². The van der Waals surface area contributed by atoms with Crippen LogP contribution in [0.15, 0.2) is 53.4 Å². The number of nitrogens with zero attached hydrogens (tertiary/aromatic N) is 1. The number of hydrogen-bond donors (Lipinski definition) is 2. The van der Waals surface area contributed by atoms with E-state index in [9.17, 15) is 13.2 Å². The molecule has 0 aliphatic rings. The summed E-state index contributed by atoms with van der Waals surface area (Å²) in [4.78, 5) is 12.8. The molecular weight excluding hydrogens is 434 g/mol. The van der Waals surface area contributed by atoms with Crippen LogP contribution in [0.3, 0.4) is 0 Å². The summed E-state index contributed by atoms with van der Waals surface area (Å²) in [7, 11) is -0.564. The fourth-order valence-electron chi connectivity index (χ4n) is 2.74. The molecule has 1 amide bonds. The molecule has 0 heterocycles. The Hall–Kier alpha value is -2.49. The van der Waals surface area contributed by atoms with Crippen LogP contribution < -0.4 is 15.4 Å². The molecule has 0 bridgehead atoms. The number of thiocarbonyl (C=S) groups is 1. The Morgan fingerprint density at radius 1 is 1.03 bits per heavy atom. The fraction of sp³-hybridized carbons (Fsp3) is 0.364. The van der Waals surface area contributed by atoms with Crippen molar-refractivity contribution in [2.45, 2.75) is 37.5 Å². The predicted octanol–water partition coefficient (Wildman–Crippen LogP) is 4.02. The Morgan fingerprint density at radius 3 is 2.35 bits per heavy atom. The highest BCUT2D eigenvalue weighted by Crippen LogP contribution is 2.19. The second kappa shape index (κ2) is 11.8. The van der Waals surface area contributed by atoms with Crippen molar-refractivity contribution in [3.05, 3.63) is 54.1 Å². The first-order valence-electron chi connectivity index (χ1n) is 10.1. The minimum atomic E-state index is -3.51. The summed E-state index contributed by atoms with van der Waals surface area (Å²) in [5.41, 5.74) is 0.957. The van der Waals surface area contributed by atoms with Crippen LogP contribution in [0.5, 0.6) is 5.75 Å². The minimum Gasteiger partial charge on any atom is -0.493 e. The summed E-state index contributed by atoms with van der Waals surface area (Å²) < 4.78 is 31.2. The van der Waals surface area contributed by atoms with Gasteiger partial charge in [-0.3, -0.25) is 10.1 Å². The lowest BCUT2D eigenvalue weighted by Crippen LogP contribution is -2.34. The molecule has 168 valence electrons. The van der Waals surface area contributed by atoms with E-state index in [1.807, 2.05) is 6.07 Å². The maximum Gasteiger partial charge on any atom is 0.261 e. The van der Waals surface area contributed by atoms with E-state index < -0.39 is 10.0 Å². The number of carbonyl (C=O) groups is 1. The number of benzene rings is 2. The Kier molecular flexibility index (Phi) is 9.42. The molecule has 0 saturated carbocycles. The molecule has 0 radical (unpaired) electrons. The van der Waals surface area contributed by atoms with Gasteiger partial charge in [0.1, 0.15) is 5.75 Å². The standard InChI is InChI=1S/C22H29N3O4S2/c1-4-5-6-9-16-29-20-11-8-7-10-19(20)21(26)24-22(30)23-17-12-14-18(15-13-17)31(27,28)25(2)3/h7-8,10-15H,4-6,9,16H2,1-3H3,(H2,23,24,26,30). The van der Waals surface area contributed by atoms with E-state index >= 15 is 0 Å². The highest BCUT2D eigenvalue weighted by Gasteiger charge is 2.17. The van der Waals surface area contributed by atoms with Crippen LogP contribution in [-0.4, -0.2) is 44.4 Å². The van der Waals surface area contributed by atoms with Gasteiger partial charge in [0, 0.05) is 19.8 Å². The number of para-hydroxylation sites is 1. The van der Waals surface area contributed by atoms with Crippen molar-refractivity contribution >= 4 is 38.9 Å². The van der Waals surface area contributed by atoms with Gasteiger partial charge in [0.05, 0.1) is 17.1 Å². The number of sulfonamides is 1. The fourth-order valence-corrected chi connectivity index (χ4v) is 3.86. The lowest BCUT2D eigenvalue weighted by Gasteiger charge is -2.14. The first-order chi connectivity index (χ1) is 14.8. The molecule has 0 aromatic heterocycles. The molecule has 0 saturated heterocycles. The second-order valence-corrected chi connectivity index (χ2v) is 9.69. The van der Waals surface area contributed by atoms with E-state index in [0.717, 1.165) is 30.0 Å². The molecule has 0 spiro atoms. The number of amides is 1. The molecule has 0 fully saturated rings. The second-order valence-electron chi connectivity index (χ2n) is 7.13. The Bertz CT molecular complexity index is 990. The Morgan fingerprint density at radius 2 is 1.71 bits per heavy atom. The van der Waals surface area contributed by atoms with Gasteiger partial charge in [-0.25, -0.2) is 12.7 Å². The molecular formula is C22H29N3O4S2. The zero-order valence-electron chi connectivity index (χ0n) is 18.1. The van der Waals surface area contributed by atoms with Gasteiger partial charge in [-0.15, -0.1) is 0 Å². The number of carbonyl (C=O) groups excluding carboxylic acids is 1. The first-order valence-corrected chi connectivity index (χ1v) is 12.0. The zero-order chi connectivity index (χ0) is 22.9. The lowest BCUT2D eigenvalue weighted by atomic mass is 10.2. The zero-order valence-corrected chi connectivity index (χ0v) is 19.7. The van der Waals surface area contributed by atoms with E-state index in [1.165, 1.54) is 26.2 Å². The molecule has 31 heavy (non-hydrogen) atoms. The largest absolute Gasteiger partial charge is 0.493 e. The van der Waals surface area contributed by atoms with Crippen LogP contribution in [0.25, 0.3) is 0 Å². The average molecular weight is 464 g/mol. The molecule has 2 N–H and O–H groups in total. The quantitative estimate of drug-likeness (QED) is 0.409. The van der Waals surface area contributed by atoms with Gasteiger partial charge in [0.15, 0.2) is 5.11 Å². The highest BCUT2D eigenvalue weighted by molar-refractivity contribution is 7.89. The first kappa shape index (κ1) is 24.8. The van der Waals surface area contributed by atoms with Crippen molar-refractivity contribution in [2.75, 3.05) is 26.0 Å². The average Bonchev–Trinajstić information content (AvgIpc) is 2.74. The summed E-state index contributed by atoms with van der Waals surface area (Å²) >= 11 is 5.23. The van der Waals surface area contributed by atoms with Gasteiger partial charge in [0.25, 0.3) is 5.91 Å². The van der Waals surface area contributed by atoms with Crippen molar-refractivity contribution in [1.82, 2.24) is 9.62 Å². The maximum atomic E-state index is 12.7. The molecule has 2 rings (SSSR count). The molecule has 2 aromatic carbocycles. The van der Waals surface area contributed by atoms with Crippen LogP contribution in [-0.2, 0) is 10.0 Å². The third-order valence-corrected chi connectivity index (χ3v) is 6.54. The van der Waals surface area contributed by atoms with Gasteiger partial charge < -0.3 is 10.1 Å².